The van der Waals surface area contributed by atoms with E-state index in [2.05, 4.69) is 10.0 Å². The van der Waals surface area contributed by atoms with E-state index in [1.807, 2.05) is 0 Å². The summed E-state index contributed by atoms with van der Waals surface area (Å²) < 4.78 is 31.2. The van der Waals surface area contributed by atoms with Gasteiger partial charge in [-0.05, 0) is 19.1 Å². The number of nitro groups is 1. The first kappa shape index (κ1) is 16.3. The lowest BCUT2D eigenvalue weighted by Crippen LogP contribution is -2.28. The van der Waals surface area contributed by atoms with Crippen molar-refractivity contribution in [1.82, 2.24) is 4.72 Å². The Labute approximate surface area is 117 Å². The molecule has 8 nitrogen and oxygen atoms in total. The number of benzene rings is 1. The molecule has 0 saturated carbocycles. The molecular weight excluding hydrogens is 286 g/mol. The zero-order valence-corrected chi connectivity index (χ0v) is 12.1. The number of rotatable bonds is 8. The van der Waals surface area contributed by atoms with Crippen molar-refractivity contribution in [2.45, 2.75) is 11.8 Å². The molecule has 20 heavy (non-hydrogen) atoms. The number of hydrogen-bond acceptors (Lipinski definition) is 6. The van der Waals surface area contributed by atoms with Gasteiger partial charge in [0.15, 0.2) is 4.90 Å². The smallest absolute Gasteiger partial charge is 0.312 e. The minimum Gasteiger partial charge on any atom is -0.383 e. The number of nitro benzene ring substituents is 1. The Morgan fingerprint density at radius 3 is 2.65 bits per heavy atom. The molecule has 0 atom stereocenters. The van der Waals surface area contributed by atoms with Gasteiger partial charge in [-0.2, -0.15) is 0 Å². The molecule has 0 amide bonds. The van der Waals surface area contributed by atoms with E-state index in [-0.39, 0.29) is 23.7 Å². The van der Waals surface area contributed by atoms with E-state index in [4.69, 9.17) is 4.74 Å². The molecule has 0 heterocycles. The topological polar surface area (TPSA) is 111 Å². The number of para-hydroxylation sites is 1. The Morgan fingerprint density at radius 1 is 1.40 bits per heavy atom. The quantitative estimate of drug-likeness (QED) is 0.420. The van der Waals surface area contributed by atoms with Gasteiger partial charge in [0.25, 0.3) is 0 Å². The Balaban J connectivity index is 3.23. The molecule has 2 N–H and O–H groups in total. The average Bonchev–Trinajstić information content (AvgIpc) is 2.38. The third-order valence-electron chi connectivity index (χ3n) is 2.44. The SMILES string of the molecule is CCNc1cccc(S(=O)(=O)NCCOC)c1[N+](=O)[O-]. The van der Waals surface area contributed by atoms with Gasteiger partial charge in [-0.1, -0.05) is 6.07 Å². The fourth-order valence-corrected chi connectivity index (χ4v) is 2.82. The Hall–Kier alpha value is -1.71. The first-order valence-corrected chi connectivity index (χ1v) is 7.42. The van der Waals surface area contributed by atoms with Gasteiger partial charge in [-0.3, -0.25) is 10.1 Å². The Bertz CT molecular complexity index is 573. The van der Waals surface area contributed by atoms with E-state index in [0.29, 0.717) is 6.54 Å². The summed E-state index contributed by atoms with van der Waals surface area (Å²) in [5, 5.41) is 13.9. The zero-order chi connectivity index (χ0) is 15.2. The lowest BCUT2D eigenvalue weighted by Gasteiger charge is -2.10. The molecular formula is C11H17N3O5S. The summed E-state index contributed by atoms with van der Waals surface area (Å²) in [6.45, 7) is 2.44. The van der Waals surface area contributed by atoms with Crippen LogP contribution in [0.25, 0.3) is 0 Å². The number of hydrogen-bond donors (Lipinski definition) is 2. The lowest BCUT2D eigenvalue weighted by atomic mass is 10.2. The molecule has 0 aromatic heterocycles. The molecule has 0 saturated heterocycles. The van der Waals surface area contributed by atoms with Gasteiger partial charge in [0.1, 0.15) is 5.69 Å². The van der Waals surface area contributed by atoms with E-state index in [1.54, 1.807) is 6.92 Å². The van der Waals surface area contributed by atoms with E-state index in [1.165, 1.54) is 25.3 Å². The van der Waals surface area contributed by atoms with Gasteiger partial charge in [0, 0.05) is 20.2 Å². The third kappa shape index (κ3) is 3.89. The number of nitrogens with one attached hydrogen (secondary N) is 2. The monoisotopic (exact) mass is 303 g/mol. The molecule has 1 aromatic carbocycles. The highest BCUT2D eigenvalue weighted by Crippen LogP contribution is 2.31. The summed E-state index contributed by atoms with van der Waals surface area (Å²) in [5.74, 6) is 0. The molecule has 0 bridgehead atoms. The van der Waals surface area contributed by atoms with Crippen LogP contribution in [0, 0.1) is 10.1 Å². The van der Waals surface area contributed by atoms with Crippen molar-refractivity contribution in [3.8, 4) is 0 Å². The van der Waals surface area contributed by atoms with Gasteiger partial charge >= 0.3 is 5.69 Å². The van der Waals surface area contributed by atoms with Crippen LogP contribution in [-0.4, -0.2) is 40.1 Å². The Morgan fingerprint density at radius 2 is 2.10 bits per heavy atom. The number of anilines is 1. The first-order chi connectivity index (χ1) is 9.44. The highest BCUT2D eigenvalue weighted by atomic mass is 32.2. The van der Waals surface area contributed by atoms with Crippen molar-refractivity contribution >= 4 is 21.4 Å². The third-order valence-corrected chi connectivity index (χ3v) is 3.93. The molecule has 112 valence electrons. The summed E-state index contributed by atoms with van der Waals surface area (Å²) in [6, 6.07) is 4.12. The highest BCUT2D eigenvalue weighted by molar-refractivity contribution is 7.89. The second-order valence-corrected chi connectivity index (χ2v) is 5.57. The van der Waals surface area contributed by atoms with Crippen molar-refractivity contribution in [3.05, 3.63) is 28.3 Å². The molecule has 0 unspecified atom stereocenters. The van der Waals surface area contributed by atoms with Crippen molar-refractivity contribution in [1.29, 1.82) is 0 Å². The van der Waals surface area contributed by atoms with E-state index >= 15 is 0 Å². The van der Waals surface area contributed by atoms with Crippen LogP contribution in [0.5, 0.6) is 0 Å². The lowest BCUT2D eigenvalue weighted by molar-refractivity contribution is -0.386. The highest BCUT2D eigenvalue weighted by Gasteiger charge is 2.28. The summed E-state index contributed by atoms with van der Waals surface area (Å²) in [6.07, 6.45) is 0. The van der Waals surface area contributed by atoms with Gasteiger partial charge in [0.2, 0.25) is 10.0 Å². The second kappa shape index (κ2) is 7.17. The van der Waals surface area contributed by atoms with E-state index < -0.39 is 20.6 Å². The van der Waals surface area contributed by atoms with E-state index in [0.717, 1.165) is 0 Å². The average molecular weight is 303 g/mol. The number of ether oxygens (including phenoxy) is 1. The van der Waals surface area contributed by atoms with Crippen LogP contribution in [0.2, 0.25) is 0 Å². The fourth-order valence-electron chi connectivity index (χ4n) is 1.62. The van der Waals surface area contributed by atoms with Gasteiger partial charge in [0.05, 0.1) is 11.5 Å². The molecule has 1 aromatic rings. The van der Waals surface area contributed by atoms with Crippen LogP contribution in [0.4, 0.5) is 11.4 Å². The van der Waals surface area contributed by atoms with E-state index in [9.17, 15) is 18.5 Å². The second-order valence-electron chi connectivity index (χ2n) is 3.83. The van der Waals surface area contributed by atoms with Crippen molar-refractivity contribution in [2.75, 3.05) is 32.1 Å². The van der Waals surface area contributed by atoms with Gasteiger partial charge in [-0.25, -0.2) is 13.1 Å². The number of nitrogens with zero attached hydrogens (tertiary/aromatic N) is 1. The largest absolute Gasteiger partial charge is 0.383 e. The van der Waals surface area contributed by atoms with Crippen LogP contribution in [0.1, 0.15) is 6.92 Å². The standard InChI is InChI=1S/C11H17N3O5S/c1-3-12-9-5-4-6-10(11(9)14(15)16)20(17,18)13-7-8-19-2/h4-6,12-13H,3,7-8H2,1-2H3. The normalized spacial score (nSPS) is 11.3. The predicted octanol–water partition coefficient (Wildman–Crippen LogP) is 0.951. The molecule has 9 heteroatoms. The van der Waals surface area contributed by atoms with Crippen molar-refractivity contribution in [3.63, 3.8) is 0 Å². The van der Waals surface area contributed by atoms with Crippen LogP contribution in [0.15, 0.2) is 23.1 Å². The fraction of sp³-hybridized carbons (Fsp3) is 0.455. The van der Waals surface area contributed by atoms with Crippen LogP contribution in [0.3, 0.4) is 0 Å². The van der Waals surface area contributed by atoms with Crippen molar-refractivity contribution < 1.29 is 18.1 Å². The van der Waals surface area contributed by atoms with Crippen molar-refractivity contribution in [2.24, 2.45) is 0 Å². The molecule has 0 aliphatic carbocycles. The van der Waals surface area contributed by atoms with Crippen LogP contribution < -0.4 is 10.0 Å². The number of sulfonamides is 1. The Kier molecular flexibility index (Phi) is 5.86. The molecule has 1 rings (SSSR count). The summed E-state index contributed by atoms with van der Waals surface area (Å²) >= 11 is 0. The zero-order valence-electron chi connectivity index (χ0n) is 11.3. The minimum atomic E-state index is -3.96. The molecule has 0 spiro atoms. The summed E-state index contributed by atoms with van der Waals surface area (Å²) in [4.78, 5) is 10.1. The summed E-state index contributed by atoms with van der Waals surface area (Å²) in [7, 11) is -2.53. The van der Waals surface area contributed by atoms with Crippen LogP contribution in [-0.2, 0) is 14.8 Å². The minimum absolute atomic E-state index is 0.0431. The molecule has 0 aliphatic rings. The maximum atomic E-state index is 12.1. The molecule has 0 fully saturated rings. The van der Waals surface area contributed by atoms with Crippen LogP contribution >= 0.6 is 0 Å². The maximum absolute atomic E-state index is 12.1. The molecule has 0 radical (unpaired) electrons. The van der Waals surface area contributed by atoms with Gasteiger partial charge in [-0.15, -0.1) is 0 Å². The summed E-state index contributed by atoms with van der Waals surface area (Å²) in [5.41, 5.74) is -0.286. The number of methoxy groups -OCH3 is 1. The van der Waals surface area contributed by atoms with Gasteiger partial charge < -0.3 is 10.1 Å². The molecule has 0 aliphatic heterocycles. The maximum Gasteiger partial charge on any atom is 0.312 e. The predicted molar refractivity (Wildman–Crippen MR) is 74.3 cm³/mol. The first-order valence-electron chi connectivity index (χ1n) is 5.94.